The molecule has 0 unspecified atom stereocenters. The summed E-state index contributed by atoms with van der Waals surface area (Å²) in [6, 6.07) is 7.29. The predicted molar refractivity (Wildman–Crippen MR) is 82.9 cm³/mol. The Morgan fingerprint density at radius 1 is 1.29 bits per heavy atom. The Morgan fingerprint density at radius 3 is 2.76 bits per heavy atom. The number of halogens is 2. The first-order chi connectivity index (χ1) is 10.1. The van der Waals surface area contributed by atoms with Crippen LogP contribution in [0.25, 0.3) is 0 Å². The van der Waals surface area contributed by atoms with Crippen molar-refractivity contribution in [3.63, 3.8) is 0 Å². The van der Waals surface area contributed by atoms with E-state index >= 15 is 0 Å². The number of benzene rings is 1. The predicted octanol–water partition coefficient (Wildman–Crippen LogP) is 3.45. The maximum atomic E-state index is 13.2. The average molecular weight is 353 g/mol. The van der Waals surface area contributed by atoms with Crippen molar-refractivity contribution >= 4 is 33.3 Å². The van der Waals surface area contributed by atoms with Gasteiger partial charge in [-0.05, 0) is 52.7 Å². The van der Waals surface area contributed by atoms with Crippen LogP contribution in [0, 0.1) is 5.82 Å². The van der Waals surface area contributed by atoms with E-state index in [2.05, 4.69) is 36.8 Å². The van der Waals surface area contributed by atoms with Crippen molar-refractivity contribution in [2.24, 2.45) is 0 Å². The van der Waals surface area contributed by atoms with Crippen LogP contribution in [-0.2, 0) is 0 Å². The van der Waals surface area contributed by atoms with Crippen LogP contribution in [0.3, 0.4) is 0 Å². The van der Waals surface area contributed by atoms with Gasteiger partial charge in [0.2, 0.25) is 0 Å². The standard InChI is InChI=1S/C14H14BrFN4O/c1-2-7-17-13-6-5-11(19-20-13)14(21)18-12-8-9(16)3-4-10(12)15/h3-6,8H,2,7H2,1H3,(H,17,20)(H,18,21). The van der Waals surface area contributed by atoms with Crippen molar-refractivity contribution in [1.29, 1.82) is 0 Å². The molecule has 0 aliphatic carbocycles. The van der Waals surface area contributed by atoms with E-state index in [0.717, 1.165) is 13.0 Å². The Morgan fingerprint density at radius 2 is 2.10 bits per heavy atom. The van der Waals surface area contributed by atoms with Crippen LogP contribution < -0.4 is 10.6 Å². The minimum Gasteiger partial charge on any atom is -0.369 e. The lowest BCUT2D eigenvalue weighted by molar-refractivity contribution is 0.102. The Kier molecular flexibility index (Phi) is 5.21. The second-order valence-corrected chi connectivity index (χ2v) is 5.16. The number of aromatic nitrogens is 2. The summed E-state index contributed by atoms with van der Waals surface area (Å²) in [5, 5.41) is 13.4. The number of anilines is 2. The molecule has 0 bridgehead atoms. The van der Waals surface area contributed by atoms with E-state index in [1.165, 1.54) is 18.2 Å². The van der Waals surface area contributed by atoms with E-state index in [4.69, 9.17) is 0 Å². The molecule has 21 heavy (non-hydrogen) atoms. The normalized spacial score (nSPS) is 10.2. The molecule has 2 aromatic rings. The highest BCUT2D eigenvalue weighted by Crippen LogP contribution is 2.23. The van der Waals surface area contributed by atoms with E-state index in [9.17, 15) is 9.18 Å². The van der Waals surface area contributed by atoms with E-state index in [0.29, 0.717) is 16.0 Å². The van der Waals surface area contributed by atoms with Crippen molar-refractivity contribution in [1.82, 2.24) is 10.2 Å². The summed E-state index contributed by atoms with van der Waals surface area (Å²) in [4.78, 5) is 12.0. The molecule has 0 saturated carbocycles. The summed E-state index contributed by atoms with van der Waals surface area (Å²) in [5.74, 6) is -0.269. The van der Waals surface area contributed by atoms with E-state index in [1.807, 2.05) is 6.92 Å². The molecule has 7 heteroatoms. The van der Waals surface area contributed by atoms with Crippen molar-refractivity contribution in [2.45, 2.75) is 13.3 Å². The van der Waals surface area contributed by atoms with Crippen molar-refractivity contribution in [3.8, 4) is 0 Å². The van der Waals surface area contributed by atoms with Crippen LogP contribution in [-0.4, -0.2) is 22.6 Å². The van der Waals surface area contributed by atoms with Gasteiger partial charge in [0.1, 0.15) is 11.6 Å². The molecule has 5 nitrogen and oxygen atoms in total. The largest absolute Gasteiger partial charge is 0.369 e. The van der Waals surface area contributed by atoms with Crippen molar-refractivity contribution in [3.05, 3.63) is 46.3 Å². The van der Waals surface area contributed by atoms with Gasteiger partial charge >= 0.3 is 0 Å². The highest BCUT2D eigenvalue weighted by molar-refractivity contribution is 9.10. The molecule has 110 valence electrons. The lowest BCUT2D eigenvalue weighted by Gasteiger charge is -2.07. The molecule has 0 aliphatic heterocycles. The smallest absolute Gasteiger partial charge is 0.276 e. The van der Waals surface area contributed by atoms with Crippen LogP contribution in [0.5, 0.6) is 0 Å². The van der Waals surface area contributed by atoms with Gasteiger partial charge in [0.25, 0.3) is 5.91 Å². The molecule has 0 spiro atoms. The Bertz CT molecular complexity index is 633. The van der Waals surface area contributed by atoms with Gasteiger partial charge in [-0.2, -0.15) is 0 Å². The van der Waals surface area contributed by atoms with Crippen molar-refractivity contribution < 1.29 is 9.18 Å². The molecule has 0 saturated heterocycles. The molecule has 0 fully saturated rings. The summed E-state index contributed by atoms with van der Waals surface area (Å²) >= 11 is 3.24. The fraction of sp³-hybridized carbons (Fsp3) is 0.214. The van der Waals surface area contributed by atoms with Gasteiger partial charge in [0, 0.05) is 11.0 Å². The number of amides is 1. The van der Waals surface area contributed by atoms with Gasteiger partial charge in [0.05, 0.1) is 5.69 Å². The molecular weight excluding hydrogens is 339 g/mol. The van der Waals surface area contributed by atoms with Crippen LogP contribution >= 0.6 is 15.9 Å². The summed E-state index contributed by atoms with van der Waals surface area (Å²) in [6.07, 6.45) is 0.970. The van der Waals surface area contributed by atoms with Crippen molar-refractivity contribution in [2.75, 3.05) is 17.2 Å². The second kappa shape index (κ2) is 7.12. The van der Waals surface area contributed by atoms with Crippen LogP contribution in [0.1, 0.15) is 23.8 Å². The van der Waals surface area contributed by atoms with Gasteiger partial charge in [0.15, 0.2) is 5.69 Å². The molecule has 2 rings (SSSR count). The molecular formula is C14H14BrFN4O. The number of hydrogen-bond acceptors (Lipinski definition) is 4. The Hall–Kier alpha value is -2.02. The molecule has 1 heterocycles. The lowest BCUT2D eigenvalue weighted by atomic mass is 10.3. The monoisotopic (exact) mass is 352 g/mol. The van der Waals surface area contributed by atoms with Gasteiger partial charge < -0.3 is 10.6 Å². The molecule has 1 aromatic heterocycles. The van der Waals surface area contributed by atoms with Gasteiger partial charge in [-0.1, -0.05) is 6.92 Å². The van der Waals surface area contributed by atoms with E-state index in [-0.39, 0.29) is 5.69 Å². The van der Waals surface area contributed by atoms with Crippen LogP contribution in [0.2, 0.25) is 0 Å². The third-order valence-corrected chi connectivity index (χ3v) is 3.32. The third-order valence-electron chi connectivity index (χ3n) is 2.63. The fourth-order valence-corrected chi connectivity index (χ4v) is 1.93. The maximum Gasteiger partial charge on any atom is 0.276 e. The topological polar surface area (TPSA) is 66.9 Å². The van der Waals surface area contributed by atoms with Crippen LogP contribution in [0.15, 0.2) is 34.8 Å². The minimum atomic E-state index is -0.448. The zero-order valence-electron chi connectivity index (χ0n) is 11.4. The lowest BCUT2D eigenvalue weighted by Crippen LogP contribution is -2.15. The Balaban J connectivity index is 2.07. The number of carbonyl (C=O) groups is 1. The SMILES string of the molecule is CCCNc1ccc(C(=O)Nc2cc(F)ccc2Br)nn1. The number of nitrogens with one attached hydrogen (secondary N) is 2. The molecule has 0 radical (unpaired) electrons. The third kappa shape index (κ3) is 4.22. The molecule has 0 atom stereocenters. The van der Waals surface area contributed by atoms with Crippen LogP contribution in [0.4, 0.5) is 15.9 Å². The highest BCUT2D eigenvalue weighted by Gasteiger charge is 2.11. The molecule has 2 N–H and O–H groups in total. The summed E-state index contributed by atoms with van der Waals surface area (Å²) in [5.41, 5.74) is 0.503. The highest BCUT2D eigenvalue weighted by atomic mass is 79.9. The van der Waals surface area contributed by atoms with E-state index in [1.54, 1.807) is 12.1 Å². The first-order valence-electron chi connectivity index (χ1n) is 6.44. The first kappa shape index (κ1) is 15.4. The first-order valence-corrected chi connectivity index (χ1v) is 7.23. The number of nitrogens with zero attached hydrogens (tertiary/aromatic N) is 2. The second-order valence-electron chi connectivity index (χ2n) is 4.31. The average Bonchev–Trinajstić information content (AvgIpc) is 2.49. The zero-order valence-corrected chi connectivity index (χ0v) is 12.9. The summed E-state index contributed by atoms with van der Waals surface area (Å²) in [7, 11) is 0. The van der Waals surface area contributed by atoms with E-state index < -0.39 is 11.7 Å². The Labute approximate surface area is 130 Å². The zero-order chi connectivity index (χ0) is 15.2. The summed E-state index contributed by atoms with van der Waals surface area (Å²) in [6.45, 7) is 2.83. The molecule has 0 aliphatic rings. The van der Waals surface area contributed by atoms with Gasteiger partial charge in [-0.15, -0.1) is 10.2 Å². The number of rotatable bonds is 5. The minimum absolute atomic E-state index is 0.160. The number of carbonyl (C=O) groups excluding carboxylic acids is 1. The van der Waals surface area contributed by atoms with Gasteiger partial charge in [-0.25, -0.2) is 4.39 Å². The number of hydrogen-bond donors (Lipinski definition) is 2. The van der Waals surface area contributed by atoms with Gasteiger partial charge in [-0.3, -0.25) is 4.79 Å². The molecule has 1 amide bonds. The summed E-state index contributed by atoms with van der Waals surface area (Å²) < 4.78 is 13.8. The maximum absolute atomic E-state index is 13.2. The molecule has 1 aromatic carbocycles. The fourth-order valence-electron chi connectivity index (χ4n) is 1.58. The quantitative estimate of drug-likeness (QED) is 0.864.